The number of unbranched alkanes of at least 4 members (excludes halogenated alkanes) is 1. The van der Waals surface area contributed by atoms with Crippen LogP contribution in [0.5, 0.6) is 5.75 Å². The Bertz CT molecular complexity index is 900. The topological polar surface area (TPSA) is 72.9 Å². The van der Waals surface area contributed by atoms with Crippen LogP contribution in [0.4, 0.5) is 0 Å². The fourth-order valence-electron chi connectivity index (χ4n) is 3.52. The molecule has 2 aromatic rings. The Labute approximate surface area is 193 Å². The highest BCUT2D eigenvalue weighted by Crippen LogP contribution is 2.23. The number of hydrogen-bond donors (Lipinski definition) is 0. The molecule has 0 saturated carbocycles. The molecule has 0 N–H and O–H groups in total. The summed E-state index contributed by atoms with van der Waals surface area (Å²) in [6.45, 7) is 3.55. The van der Waals surface area contributed by atoms with Gasteiger partial charge in [0.15, 0.2) is 0 Å². The summed E-state index contributed by atoms with van der Waals surface area (Å²) in [5.41, 5.74) is 0.753. The van der Waals surface area contributed by atoms with E-state index in [0.29, 0.717) is 19.6 Å². The van der Waals surface area contributed by atoms with E-state index in [1.165, 1.54) is 0 Å². The highest BCUT2D eigenvalue weighted by molar-refractivity contribution is 8.13. The first kappa shape index (κ1) is 24.0. The van der Waals surface area contributed by atoms with E-state index >= 15 is 0 Å². The van der Waals surface area contributed by atoms with Crippen molar-refractivity contribution in [3.63, 3.8) is 0 Å². The zero-order valence-corrected chi connectivity index (χ0v) is 19.1. The standard InChI is InChI=1S/C25H29NO5S/c1-2-3-16-30-20-13-11-19(12-14-20)17-23(27)31-25(29)22-10-7-15-26(22)18-24(28)32-21-8-5-4-6-9-21/h4-6,8-9,11-14,22H,2-3,7,10,15-18H2,1H3/t22-/m0/s1. The van der Waals surface area contributed by atoms with Crippen LogP contribution in [0.2, 0.25) is 0 Å². The van der Waals surface area contributed by atoms with Crippen molar-refractivity contribution in [2.75, 3.05) is 19.7 Å². The van der Waals surface area contributed by atoms with Crippen molar-refractivity contribution in [1.82, 2.24) is 4.90 Å². The largest absolute Gasteiger partial charge is 0.494 e. The predicted molar refractivity (Wildman–Crippen MR) is 124 cm³/mol. The maximum Gasteiger partial charge on any atom is 0.331 e. The average molecular weight is 456 g/mol. The average Bonchev–Trinajstić information content (AvgIpc) is 3.24. The monoisotopic (exact) mass is 455 g/mol. The molecule has 2 aromatic carbocycles. The molecular weight excluding hydrogens is 426 g/mol. The number of likely N-dealkylation sites (tertiary alicyclic amines) is 1. The molecule has 7 heteroatoms. The van der Waals surface area contributed by atoms with Crippen molar-refractivity contribution in [1.29, 1.82) is 0 Å². The summed E-state index contributed by atoms with van der Waals surface area (Å²) in [4.78, 5) is 39.9. The number of ether oxygens (including phenoxy) is 2. The Kier molecular flexibility index (Phi) is 9.31. The maximum atomic E-state index is 12.6. The van der Waals surface area contributed by atoms with E-state index in [9.17, 15) is 14.4 Å². The Hall–Kier alpha value is -2.64. The normalized spacial score (nSPS) is 16.0. The van der Waals surface area contributed by atoms with E-state index in [4.69, 9.17) is 9.47 Å². The highest BCUT2D eigenvalue weighted by Gasteiger charge is 2.34. The molecule has 1 fully saturated rings. The van der Waals surface area contributed by atoms with E-state index in [-0.39, 0.29) is 18.1 Å². The van der Waals surface area contributed by atoms with Gasteiger partial charge in [0.05, 0.1) is 19.6 Å². The van der Waals surface area contributed by atoms with Crippen LogP contribution in [0.1, 0.15) is 38.2 Å². The summed E-state index contributed by atoms with van der Waals surface area (Å²) >= 11 is 1.16. The summed E-state index contributed by atoms with van der Waals surface area (Å²) in [5, 5.41) is -0.0385. The number of rotatable bonds is 10. The molecule has 1 aliphatic rings. The van der Waals surface area contributed by atoms with Gasteiger partial charge in [-0.3, -0.25) is 14.5 Å². The van der Waals surface area contributed by atoms with Gasteiger partial charge in [-0.15, -0.1) is 0 Å². The molecule has 1 saturated heterocycles. The molecule has 1 aliphatic heterocycles. The van der Waals surface area contributed by atoms with Gasteiger partial charge in [-0.25, -0.2) is 4.79 Å². The number of nitrogens with zero attached hydrogens (tertiary/aromatic N) is 1. The molecule has 6 nitrogen and oxygen atoms in total. The maximum absolute atomic E-state index is 12.6. The summed E-state index contributed by atoms with van der Waals surface area (Å²) in [6, 6.07) is 16.1. The molecule has 0 spiro atoms. The van der Waals surface area contributed by atoms with Crippen molar-refractivity contribution < 1.29 is 23.9 Å². The molecule has 1 heterocycles. The third-order valence-corrected chi connectivity index (χ3v) is 6.06. The minimum atomic E-state index is -0.591. The van der Waals surface area contributed by atoms with E-state index < -0.39 is 18.0 Å². The summed E-state index contributed by atoms with van der Waals surface area (Å²) in [5.74, 6) is -0.415. The number of carbonyl (C=O) groups excluding carboxylic acids is 3. The molecule has 0 aliphatic carbocycles. The lowest BCUT2D eigenvalue weighted by Gasteiger charge is -2.21. The van der Waals surface area contributed by atoms with E-state index in [1.807, 2.05) is 42.5 Å². The number of esters is 2. The van der Waals surface area contributed by atoms with E-state index in [2.05, 4.69) is 6.92 Å². The zero-order chi connectivity index (χ0) is 22.8. The molecule has 1 atom stereocenters. The van der Waals surface area contributed by atoms with E-state index in [0.717, 1.165) is 47.2 Å². The molecule has 0 amide bonds. The van der Waals surface area contributed by atoms with Gasteiger partial charge in [0.2, 0.25) is 5.12 Å². The first-order valence-electron chi connectivity index (χ1n) is 11.0. The fraction of sp³-hybridized carbons (Fsp3) is 0.400. The third-order valence-electron chi connectivity index (χ3n) is 5.20. The summed E-state index contributed by atoms with van der Waals surface area (Å²) < 4.78 is 10.7. The van der Waals surface area contributed by atoms with Crippen LogP contribution in [0.15, 0.2) is 59.5 Å². The molecule has 32 heavy (non-hydrogen) atoms. The van der Waals surface area contributed by atoms with Gasteiger partial charge in [0.25, 0.3) is 0 Å². The molecule has 3 rings (SSSR count). The lowest BCUT2D eigenvalue weighted by Crippen LogP contribution is -2.40. The second kappa shape index (κ2) is 12.4. The van der Waals surface area contributed by atoms with Crippen molar-refractivity contribution >= 4 is 28.8 Å². The first-order chi connectivity index (χ1) is 15.5. The molecule has 0 radical (unpaired) electrons. The quantitative estimate of drug-likeness (QED) is 0.229. The minimum Gasteiger partial charge on any atom is -0.494 e. The van der Waals surface area contributed by atoms with E-state index in [1.54, 1.807) is 17.0 Å². The molecule has 0 unspecified atom stereocenters. The zero-order valence-electron chi connectivity index (χ0n) is 18.3. The Morgan fingerprint density at radius 2 is 1.81 bits per heavy atom. The van der Waals surface area contributed by atoms with Gasteiger partial charge < -0.3 is 9.47 Å². The van der Waals surface area contributed by atoms with Gasteiger partial charge in [0.1, 0.15) is 11.8 Å². The van der Waals surface area contributed by atoms with Crippen LogP contribution in [-0.2, 0) is 25.5 Å². The molecular formula is C25H29NO5S. The second-order valence-corrected chi connectivity index (χ2v) is 8.86. The Morgan fingerprint density at radius 3 is 2.53 bits per heavy atom. The SMILES string of the molecule is CCCCOc1ccc(CC(=O)OC(=O)[C@@H]2CCCN2CC(=O)Sc2ccccc2)cc1. The predicted octanol–water partition coefficient (Wildman–Crippen LogP) is 4.26. The Balaban J connectivity index is 1.46. The first-order valence-corrected chi connectivity index (χ1v) is 11.8. The van der Waals surface area contributed by atoms with Crippen LogP contribution >= 0.6 is 11.8 Å². The van der Waals surface area contributed by atoms with Crippen molar-refractivity contribution in [3.8, 4) is 5.75 Å². The van der Waals surface area contributed by atoms with Gasteiger partial charge in [-0.2, -0.15) is 0 Å². The number of benzene rings is 2. The van der Waals surface area contributed by atoms with Crippen LogP contribution in [0.25, 0.3) is 0 Å². The second-order valence-electron chi connectivity index (χ2n) is 7.73. The minimum absolute atomic E-state index is 0.0104. The van der Waals surface area contributed by atoms with Crippen molar-refractivity contribution in [3.05, 3.63) is 60.2 Å². The molecule has 0 aromatic heterocycles. The smallest absolute Gasteiger partial charge is 0.331 e. The van der Waals surface area contributed by atoms with Crippen LogP contribution in [0.3, 0.4) is 0 Å². The highest BCUT2D eigenvalue weighted by atomic mass is 32.2. The fourth-order valence-corrected chi connectivity index (χ4v) is 4.31. The van der Waals surface area contributed by atoms with Crippen molar-refractivity contribution in [2.24, 2.45) is 0 Å². The molecule has 170 valence electrons. The van der Waals surface area contributed by atoms with Gasteiger partial charge in [0, 0.05) is 4.90 Å². The van der Waals surface area contributed by atoms with Gasteiger partial charge in [-0.05, 0) is 55.6 Å². The number of thioether (sulfide) groups is 1. The lowest BCUT2D eigenvalue weighted by atomic mass is 10.1. The van der Waals surface area contributed by atoms with Crippen molar-refractivity contribution in [2.45, 2.75) is 50.0 Å². The van der Waals surface area contributed by atoms with Crippen LogP contribution in [-0.4, -0.2) is 47.7 Å². The summed E-state index contributed by atoms with van der Waals surface area (Å²) in [7, 11) is 0. The summed E-state index contributed by atoms with van der Waals surface area (Å²) in [6.07, 6.45) is 3.44. The third kappa shape index (κ3) is 7.50. The lowest BCUT2D eigenvalue weighted by molar-refractivity contribution is -0.162. The van der Waals surface area contributed by atoms with Gasteiger partial charge in [-0.1, -0.05) is 55.4 Å². The number of carbonyl (C=O) groups is 3. The van der Waals surface area contributed by atoms with Crippen LogP contribution in [0, 0.1) is 0 Å². The number of hydrogen-bond acceptors (Lipinski definition) is 7. The van der Waals surface area contributed by atoms with Crippen LogP contribution < -0.4 is 4.74 Å². The van der Waals surface area contributed by atoms with Gasteiger partial charge >= 0.3 is 11.9 Å². The molecule has 0 bridgehead atoms. The Morgan fingerprint density at radius 1 is 1.06 bits per heavy atom.